The van der Waals surface area contributed by atoms with Crippen molar-refractivity contribution in [3.05, 3.63) is 11.6 Å². The zero-order valence-electron chi connectivity index (χ0n) is 8.13. The summed E-state index contributed by atoms with van der Waals surface area (Å²) in [7, 11) is 0. The molecular formula is C9H17N3O. The molecule has 1 atom stereocenters. The summed E-state index contributed by atoms with van der Waals surface area (Å²) in [6, 6.07) is 0.125. The molecule has 74 valence electrons. The van der Waals surface area contributed by atoms with Crippen molar-refractivity contribution in [1.82, 2.24) is 5.32 Å². The van der Waals surface area contributed by atoms with E-state index in [1.807, 2.05) is 19.9 Å². The molecule has 5 N–H and O–H groups in total. The van der Waals surface area contributed by atoms with Crippen molar-refractivity contribution >= 4 is 5.91 Å². The number of nitrogens with two attached hydrogens (primary N) is 2. The maximum absolute atomic E-state index is 10.9. The summed E-state index contributed by atoms with van der Waals surface area (Å²) in [6.07, 6.45) is 2.45. The third kappa shape index (κ3) is 2.54. The highest BCUT2D eigenvalue weighted by molar-refractivity contribution is 5.92. The van der Waals surface area contributed by atoms with Crippen LogP contribution in [0.2, 0.25) is 0 Å². The molecule has 0 saturated heterocycles. The van der Waals surface area contributed by atoms with Crippen LogP contribution in [0, 0.1) is 0 Å². The van der Waals surface area contributed by atoms with E-state index in [1.165, 1.54) is 0 Å². The van der Waals surface area contributed by atoms with Crippen LogP contribution in [-0.2, 0) is 4.79 Å². The number of hydrogen-bond acceptors (Lipinski definition) is 3. The van der Waals surface area contributed by atoms with Gasteiger partial charge in [0, 0.05) is 23.7 Å². The lowest BCUT2D eigenvalue weighted by Crippen LogP contribution is -2.55. The lowest BCUT2D eigenvalue weighted by molar-refractivity contribution is -0.114. The maximum atomic E-state index is 10.9. The van der Waals surface area contributed by atoms with Crippen LogP contribution in [0.5, 0.6) is 0 Å². The van der Waals surface area contributed by atoms with E-state index in [0.717, 1.165) is 0 Å². The van der Waals surface area contributed by atoms with Gasteiger partial charge in [-0.25, -0.2) is 0 Å². The maximum Gasteiger partial charge on any atom is 0.244 e. The van der Waals surface area contributed by atoms with Crippen molar-refractivity contribution in [2.24, 2.45) is 11.5 Å². The molecule has 0 saturated carbocycles. The van der Waals surface area contributed by atoms with Gasteiger partial charge in [0.05, 0.1) is 0 Å². The largest absolute Gasteiger partial charge is 0.366 e. The molecule has 13 heavy (non-hydrogen) atoms. The molecule has 0 aromatic carbocycles. The van der Waals surface area contributed by atoms with E-state index in [9.17, 15) is 4.79 Å². The number of hydrogen-bond donors (Lipinski definition) is 3. The van der Waals surface area contributed by atoms with Crippen molar-refractivity contribution in [2.75, 3.05) is 6.54 Å². The molecule has 0 aromatic rings. The van der Waals surface area contributed by atoms with Crippen LogP contribution in [0.15, 0.2) is 11.6 Å². The Balaban J connectivity index is 2.68. The normalized spacial score (nSPS) is 23.9. The van der Waals surface area contributed by atoms with Crippen molar-refractivity contribution in [3.63, 3.8) is 0 Å². The van der Waals surface area contributed by atoms with E-state index in [0.29, 0.717) is 18.5 Å². The van der Waals surface area contributed by atoms with Crippen LogP contribution in [0.3, 0.4) is 0 Å². The first-order valence-electron chi connectivity index (χ1n) is 4.42. The number of nitrogens with one attached hydrogen (secondary N) is 1. The smallest absolute Gasteiger partial charge is 0.244 e. The topological polar surface area (TPSA) is 81.1 Å². The highest BCUT2D eigenvalue weighted by Crippen LogP contribution is 2.17. The fourth-order valence-electron chi connectivity index (χ4n) is 1.43. The zero-order valence-corrected chi connectivity index (χ0v) is 8.13. The first-order valence-corrected chi connectivity index (χ1v) is 4.42. The third-order valence-corrected chi connectivity index (χ3v) is 2.35. The summed E-state index contributed by atoms with van der Waals surface area (Å²) >= 11 is 0. The van der Waals surface area contributed by atoms with E-state index >= 15 is 0 Å². The van der Waals surface area contributed by atoms with Crippen LogP contribution < -0.4 is 16.8 Å². The van der Waals surface area contributed by atoms with E-state index in [2.05, 4.69) is 5.32 Å². The Bertz CT molecular complexity index is 240. The van der Waals surface area contributed by atoms with Gasteiger partial charge in [-0.15, -0.1) is 0 Å². The third-order valence-electron chi connectivity index (χ3n) is 2.35. The van der Waals surface area contributed by atoms with Crippen LogP contribution in [0.1, 0.15) is 20.3 Å². The van der Waals surface area contributed by atoms with Crippen molar-refractivity contribution in [2.45, 2.75) is 31.8 Å². The molecule has 0 radical (unpaired) electrons. The van der Waals surface area contributed by atoms with E-state index < -0.39 is 0 Å². The van der Waals surface area contributed by atoms with Gasteiger partial charge in [0.25, 0.3) is 0 Å². The molecule has 4 nitrogen and oxygen atoms in total. The molecular weight excluding hydrogens is 166 g/mol. The molecule has 1 rings (SSSR count). The number of carbonyl (C=O) groups is 1. The Hall–Kier alpha value is -0.870. The quantitative estimate of drug-likeness (QED) is 0.539. The predicted octanol–water partition coefficient (Wildman–Crippen LogP) is -0.503. The van der Waals surface area contributed by atoms with Crippen molar-refractivity contribution in [3.8, 4) is 0 Å². The number of rotatable bonds is 2. The van der Waals surface area contributed by atoms with E-state index in [4.69, 9.17) is 11.5 Å². The number of amides is 1. The molecule has 0 spiro atoms. The molecule has 0 bridgehead atoms. The second-order valence-corrected chi connectivity index (χ2v) is 4.08. The molecule has 1 heterocycles. The van der Waals surface area contributed by atoms with Crippen LogP contribution >= 0.6 is 0 Å². The number of primary amides is 1. The summed E-state index contributed by atoms with van der Waals surface area (Å²) in [5, 5.41) is 3.23. The van der Waals surface area contributed by atoms with Gasteiger partial charge in [0.15, 0.2) is 0 Å². The summed E-state index contributed by atoms with van der Waals surface area (Å²) in [4.78, 5) is 10.9. The van der Waals surface area contributed by atoms with E-state index in [1.54, 1.807) is 0 Å². The average molecular weight is 183 g/mol. The van der Waals surface area contributed by atoms with Gasteiger partial charge in [0.2, 0.25) is 5.91 Å². The van der Waals surface area contributed by atoms with Crippen LogP contribution in [0.25, 0.3) is 0 Å². The van der Waals surface area contributed by atoms with E-state index in [-0.39, 0.29) is 17.5 Å². The summed E-state index contributed by atoms with van der Waals surface area (Å²) < 4.78 is 0. The molecule has 0 fully saturated rings. The van der Waals surface area contributed by atoms with Gasteiger partial charge in [-0.3, -0.25) is 4.79 Å². The van der Waals surface area contributed by atoms with Gasteiger partial charge in [-0.05, 0) is 20.3 Å². The summed E-state index contributed by atoms with van der Waals surface area (Å²) in [6.45, 7) is 4.55. The van der Waals surface area contributed by atoms with Gasteiger partial charge in [0.1, 0.15) is 0 Å². The SMILES string of the molecule is CC(C)(N)[C@@H]1CC(C(N)=O)=CCN1. The predicted molar refractivity (Wildman–Crippen MR) is 52.0 cm³/mol. The summed E-state index contributed by atoms with van der Waals surface area (Å²) in [5.41, 5.74) is 11.5. The van der Waals surface area contributed by atoms with Crippen LogP contribution in [-0.4, -0.2) is 24.0 Å². The van der Waals surface area contributed by atoms with Gasteiger partial charge >= 0.3 is 0 Å². The van der Waals surface area contributed by atoms with Gasteiger partial charge in [-0.2, -0.15) is 0 Å². The minimum Gasteiger partial charge on any atom is -0.366 e. The average Bonchev–Trinajstić information content (AvgIpc) is 2.03. The second kappa shape index (κ2) is 3.47. The van der Waals surface area contributed by atoms with Gasteiger partial charge in [-0.1, -0.05) is 6.08 Å². The Labute approximate surface area is 78.4 Å². The fourth-order valence-corrected chi connectivity index (χ4v) is 1.43. The monoisotopic (exact) mass is 183 g/mol. The standard InChI is InChI=1S/C9H17N3O/c1-9(2,11)7-5-6(8(10)13)3-4-12-7/h3,7,12H,4-5,11H2,1-2H3,(H2,10,13)/t7-/m0/s1. The lowest BCUT2D eigenvalue weighted by atomic mass is 9.88. The minimum absolute atomic E-state index is 0.125. The van der Waals surface area contributed by atoms with Gasteiger partial charge < -0.3 is 16.8 Å². The Morgan fingerprint density at radius 3 is 2.77 bits per heavy atom. The molecule has 1 amide bonds. The lowest BCUT2D eigenvalue weighted by Gasteiger charge is -2.34. The Morgan fingerprint density at radius 1 is 1.69 bits per heavy atom. The van der Waals surface area contributed by atoms with Crippen molar-refractivity contribution < 1.29 is 4.79 Å². The van der Waals surface area contributed by atoms with Crippen molar-refractivity contribution in [1.29, 1.82) is 0 Å². The Morgan fingerprint density at radius 2 is 2.31 bits per heavy atom. The molecule has 0 aromatic heterocycles. The second-order valence-electron chi connectivity index (χ2n) is 4.08. The molecule has 0 unspecified atom stereocenters. The first-order chi connectivity index (χ1) is 5.91. The first kappa shape index (κ1) is 10.2. The molecule has 1 aliphatic heterocycles. The fraction of sp³-hybridized carbons (Fsp3) is 0.667. The molecule has 1 aliphatic rings. The zero-order chi connectivity index (χ0) is 10.1. The summed E-state index contributed by atoms with van der Waals surface area (Å²) in [5.74, 6) is -0.337. The van der Waals surface area contributed by atoms with Crippen LogP contribution in [0.4, 0.5) is 0 Å². The highest BCUT2D eigenvalue weighted by Gasteiger charge is 2.28. The molecule has 4 heteroatoms. The highest BCUT2D eigenvalue weighted by atomic mass is 16.1. The number of carbonyl (C=O) groups excluding carboxylic acids is 1. The molecule has 0 aliphatic carbocycles. The minimum atomic E-state index is -0.337. The Kier molecular flexibility index (Phi) is 2.73.